The van der Waals surface area contributed by atoms with E-state index in [0.29, 0.717) is 25.7 Å². The fourth-order valence-corrected chi connectivity index (χ4v) is 6.55. The minimum absolute atomic E-state index is 0.0962. The standard InChI is InChI=1S/C12H21NO6S2/c14-12(15)9-2-1-3-10(8-9)13-21(18,19)11-4-6-20(16,17)7-5-11/h9-11,13H,1-8H2,(H,14,15). The first-order valence-electron chi connectivity index (χ1n) is 7.14. The summed E-state index contributed by atoms with van der Waals surface area (Å²) in [7, 11) is -6.69. The Kier molecular flexibility index (Phi) is 4.94. The number of aliphatic carboxylic acids is 1. The average molecular weight is 339 g/mol. The highest BCUT2D eigenvalue weighted by Crippen LogP contribution is 2.26. The molecule has 0 bridgehead atoms. The Morgan fingerprint density at radius 1 is 1.10 bits per heavy atom. The summed E-state index contributed by atoms with van der Waals surface area (Å²) in [4.78, 5) is 11.0. The lowest BCUT2D eigenvalue weighted by atomic mass is 9.86. The first-order chi connectivity index (χ1) is 9.70. The third-order valence-electron chi connectivity index (χ3n) is 4.29. The summed E-state index contributed by atoms with van der Waals surface area (Å²) < 4.78 is 49.9. The Hall–Kier alpha value is -0.670. The zero-order valence-corrected chi connectivity index (χ0v) is 13.3. The summed E-state index contributed by atoms with van der Waals surface area (Å²) in [6.07, 6.45) is 2.44. The minimum atomic E-state index is -3.59. The molecule has 1 saturated heterocycles. The SMILES string of the molecule is O=C(O)C1CCCC(NS(=O)(=O)C2CCS(=O)(=O)CC2)C1. The fourth-order valence-electron chi connectivity index (χ4n) is 3.03. The average Bonchev–Trinajstić information content (AvgIpc) is 2.37. The topological polar surface area (TPSA) is 118 Å². The number of carbonyl (C=O) groups is 1. The van der Waals surface area contributed by atoms with E-state index in [0.717, 1.165) is 0 Å². The molecule has 1 heterocycles. The van der Waals surface area contributed by atoms with E-state index in [1.165, 1.54) is 0 Å². The van der Waals surface area contributed by atoms with Crippen molar-refractivity contribution in [2.45, 2.75) is 49.8 Å². The van der Waals surface area contributed by atoms with Gasteiger partial charge in [-0.15, -0.1) is 0 Å². The number of carboxylic acids is 1. The van der Waals surface area contributed by atoms with E-state index in [9.17, 15) is 21.6 Å². The van der Waals surface area contributed by atoms with Gasteiger partial charge in [0, 0.05) is 6.04 Å². The van der Waals surface area contributed by atoms with Gasteiger partial charge in [0.05, 0.1) is 22.7 Å². The number of hydrogen-bond acceptors (Lipinski definition) is 5. The maximum atomic E-state index is 12.3. The zero-order chi connectivity index (χ0) is 15.7. The predicted octanol–water partition coefficient (Wildman–Crippen LogP) is 0.126. The number of nitrogens with one attached hydrogen (secondary N) is 1. The van der Waals surface area contributed by atoms with Gasteiger partial charge in [0.15, 0.2) is 0 Å². The quantitative estimate of drug-likeness (QED) is 0.751. The van der Waals surface area contributed by atoms with Crippen molar-refractivity contribution in [2.75, 3.05) is 11.5 Å². The maximum absolute atomic E-state index is 12.3. The Morgan fingerprint density at radius 3 is 2.29 bits per heavy atom. The van der Waals surface area contributed by atoms with E-state index in [1.54, 1.807) is 0 Å². The lowest BCUT2D eigenvalue weighted by molar-refractivity contribution is -0.143. The third-order valence-corrected chi connectivity index (χ3v) is 8.02. The smallest absolute Gasteiger partial charge is 0.306 e. The lowest BCUT2D eigenvalue weighted by Crippen LogP contribution is -2.46. The Bertz CT molecular complexity index is 583. The van der Waals surface area contributed by atoms with Crippen LogP contribution in [0.25, 0.3) is 0 Å². The van der Waals surface area contributed by atoms with Gasteiger partial charge in [-0.25, -0.2) is 21.6 Å². The Morgan fingerprint density at radius 2 is 1.71 bits per heavy atom. The molecule has 2 rings (SSSR count). The molecule has 1 aliphatic carbocycles. The van der Waals surface area contributed by atoms with E-state index in [4.69, 9.17) is 5.11 Å². The largest absolute Gasteiger partial charge is 0.481 e. The van der Waals surface area contributed by atoms with E-state index in [1.807, 2.05) is 0 Å². The normalized spacial score (nSPS) is 30.9. The van der Waals surface area contributed by atoms with E-state index >= 15 is 0 Å². The van der Waals surface area contributed by atoms with Gasteiger partial charge in [-0.2, -0.15) is 0 Å². The Labute approximate surface area is 125 Å². The molecule has 0 spiro atoms. The summed E-state index contributed by atoms with van der Waals surface area (Å²) in [5.74, 6) is -1.58. The van der Waals surface area contributed by atoms with Gasteiger partial charge >= 0.3 is 5.97 Å². The van der Waals surface area contributed by atoms with Crippen LogP contribution < -0.4 is 4.72 Å². The van der Waals surface area contributed by atoms with Crippen LogP contribution in [0.1, 0.15) is 38.5 Å². The van der Waals surface area contributed by atoms with Gasteiger partial charge in [0.2, 0.25) is 10.0 Å². The molecule has 2 atom stereocenters. The van der Waals surface area contributed by atoms with Gasteiger partial charge in [-0.3, -0.25) is 4.79 Å². The summed E-state index contributed by atoms with van der Waals surface area (Å²) in [5, 5.41) is 8.33. The van der Waals surface area contributed by atoms with Crippen molar-refractivity contribution < 1.29 is 26.7 Å². The number of rotatable bonds is 4. The van der Waals surface area contributed by atoms with Crippen LogP contribution in [0.3, 0.4) is 0 Å². The van der Waals surface area contributed by atoms with Crippen molar-refractivity contribution in [3.63, 3.8) is 0 Å². The van der Waals surface area contributed by atoms with Crippen LogP contribution in [0.2, 0.25) is 0 Å². The van der Waals surface area contributed by atoms with Gasteiger partial charge < -0.3 is 5.11 Å². The molecule has 2 unspecified atom stereocenters. The molecule has 0 radical (unpaired) electrons. The van der Waals surface area contributed by atoms with Gasteiger partial charge in [-0.1, -0.05) is 6.42 Å². The van der Waals surface area contributed by atoms with Gasteiger partial charge in [0.1, 0.15) is 9.84 Å². The van der Waals surface area contributed by atoms with Crippen LogP contribution in [0.15, 0.2) is 0 Å². The molecule has 0 aromatic carbocycles. The first-order valence-corrected chi connectivity index (χ1v) is 10.5. The lowest BCUT2D eigenvalue weighted by Gasteiger charge is -2.30. The van der Waals surface area contributed by atoms with Crippen molar-refractivity contribution in [2.24, 2.45) is 5.92 Å². The fraction of sp³-hybridized carbons (Fsp3) is 0.917. The number of carboxylic acid groups (broad SMARTS) is 1. The summed E-state index contributed by atoms with van der Waals surface area (Å²) in [6, 6.07) is -0.358. The molecule has 1 aliphatic heterocycles. The number of sulfonamides is 1. The van der Waals surface area contributed by atoms with Crippen molar-refractivity contribution >= 4 is 25.8 Å². The van der Waals surface area contributed by atoms with Crippen molar-refractivity contribution in [3.8, 4) is 0 Å². The molecular weight excluding hydrogens is 318 g/mol. The van der Waals surface area contributed by atoms with E-state index in [2.05, 4.69) is 4.72 Å². The van der Waals surface area contributed by atoms with Crippen LogP contribution in [0, 0.1) is 5.92 Å². The van der Waals surface area contributed by atoms with Gasteiger partial charge in [0.25, 0.3) is 0 Å². The molecule has 7 nitrogen and oxygen atoms in total. The highest BCUT2D eigenvalue weighted by atomic mass is 32.2. The van der Waals surface area contributed by atoms with Gasteiger partial charge in [-0.05, 0) is 32.1 Å². The molecule has 0 aromatic rings. The number of sulfone groups is 1. The van der Waals surface area contributed by atoms with Crippen LogP contribution in [0.5, 0.6) is 0 Å². The predicted molar refractivity (Wildman–Crippen MR) is 77.1 cm³/mol. The molecule has 2 aliphatic rings. The Balaban J connectivity index is 1.96. The van der Waals surface area contributed by atoms with Crippen LogP contribution >= 0.6 is 0 Å². The van der Waals surface area contributed by atoms with E-state index < -0.39 is 37.0 Å². The molecule has 1 saturated carbocycles. The molecule has 2 N–H and O–H groups in total. The molecule has 21 heavy (non-hydrogen) atoms. The molecule has 0 aromatic heterocycles. The highest BCUT2D eigenvalue weighted by Gasteiger charge is 2.36. The molecule has 0 amide bonds. The second kappa shape index (κ2) is 6.21. The molecule has 9 heteroatoms. The molecule has 122 valence electrons. The second-order valence-corrected chi connectivity index (χ2v) is 10.2. The van der Waals surface area contributed by atoms with Crippen LogP contribution in [-0.2, 0) is 24.7 Å². The van der Waals surface area contributed by atoms with Crippen LogP contribution in [0.4, 0.5) is 0 Å². The summed E-state index contributed by atoms with van der Waals surface area (Å²) in [6.45, 7) is 0. The number of hydrogen-bond donors (Lipinski definition) is 2. The minimum Gasteiger partial charge on any atom is -0.481 e. The summed E-state index contributed by atoms with van der Waals surface area (Å²) in [5.41, 5.74) is 0. The summed E-state index contributed by atoms with van der Waals surface area (Å²) >= 11 is 0. The van der Waals surface area contributed by atoms with E-state index in [-0.39, 0.29) is 30.4 Å². The molecular formula is C12H21NO6S2. The highest BCUT2D eigenvalue weighted by molar-refractivity contribution is 7.92. The van der Waals surface area contributed by atoms with Crippen molar-refractivity contribution in [1.82, 2.24) is 4.72 Å². The molecule has 2 fully saturated rings. The van der Waals surface area contributed by atoms with Crippen molar-refractivity contribution in [3.05, 3.63) is 0 Å². The third kappa shape index (κ3) is 4.40. The van der Waals surface area contributed by atoms with Crippen LogP contribution in [-0.4, -0.2) is 50.7 Å². The zero-order valence-electron chi connectivity index (χ0n) is 11.7. The monoisotopic (exact) mass is 339 g/mol. The van der Waals surface area contributed by atoms with Crippen molar-refractivity contribution in [1.29, 1.82) is 0 Å². The first kappa shape index (κ1) is 16.7. The second-order valence-electron chi connectivity index (χ2n) is 5.91. The maximum Gasteiger partial charge on any atom is 0.306 e.